The quantitative estimate of drug-likeness (QED) is 0.750. The van der Waals surface area contributed by atoms with E-state index in [4.69, 9.17) is 0 Å². The molecule has 0 bridgehead atoms. The van der Waals surface area contributed by atoms with Crippen LogP contribution in [-0.2, 0) is 4.79 Å². The molecule has 92 valence electrons. The van der Waals surface area contributed by atoms with Gasteiger partial charge in [-0.3, -0.25) is 9.69 Å². The number of carboxylic acid groups (broad SMARTS) is 1. The first-order valence-corrected chi connectivity index (χ1v) is 6.65. The minimum absolute atomic E-state index is 0.131. The number of hydrogen-bond acceptors (Lipinski definition) is 2. The van der Waals surface area contributed by atoms with Crippen LogP contribution in [-0.4, -0.2) is 35.1 Å². The molecule has 2 aliphatic carbocycles. The van der Waals surface area contributed by atoms with Crippen molar-refractivity contribution < 1.29 is 9.90 Å². The number of rotatable bonds is 3. The predicted octanol–water partition coefficient (Wildman–Crippen LogP) is 2.50. The average Bonchev–Trinajstić information content (AvgIpc) is 2.39. The van der Waals surface area contributed by atoms with Crippen molar-refractivity contribution in [3.63, 3.8) is 0 Å². The summed E-state index contributed by atoms with van der Waals surface area (Å²) in [4.78, 5) is 13.7. The predicted molar refractivity (Wildman–Crippen MR) is 63.4 cm³/mol. The molecule has 1 N–H and O–H groups in total. The van der Waals surface area contributed by atoms with E-state index in [0.29, 0.717) is 6.04 Å². The molecule has 0 saturated heterocycles. The lowest BCUT2D eigenvalue weighted by Crippen LogP contribution is -2.48. The molecule has 3 nitrogen and oxygen atoms in total. The summed E-state index contributed by atoms with van der Waals surface area (Å²) >= 11 is 0. The van der Waals surface area contributed by atoms with Gasteiger partial charge in [-0.2, -0.15) is 0 Å². The molecule has 0 aromatic rings. The van der Waals surface area contributed by atoms with E-state index in [-0.39, 0.29) is 12.0 Å². The van der Waals surface area contributed by atoms with Crippen LogP contribution in [0.3, 0.4) is 0 Å². The molecule has 2 rings (SSSR count). The third kappa shape index (κ3) is 2.40. The molecule has 2 saturated carbocycles. The minimum atomic E-state index is -0.585. The number of nitrogens with zero attached hydrogens (tertiary/aromatic N) is 1. The largest absolute Gasteiger partial charge is 0.481 e. The molecular weight excluding hydrogens is 202 g/mol. The van der Waals surface area contributed by atoms with Gasteiger partial charge >= 0.3 is 5.97 Å². The Morgan fingerprint density at radius 2 is 1.75 bits per heavy atom. The molecule has 0 radical (unpaired) electrons. The molecule has 2 atom stereocenters. The Bertz CT molecular complexity index is 250. The highest BCUT2D eigenvalue weighted by molar-refractivity contribution is 5.70. The van der Waals surface area contributed by atoms with Crippen LogP contribution in [0.15, 0.2) is 0 Å². The number of aliphatic carboxylic acids is 1. The van der Waals surface area contributed by atoms with Crippen molar-refractivity contribution in [2.45, 2.75) is 63.5 Å². The van der Waals surface area contributed by atoms with E-state index in [1.807, 2.05) is 0 Å². The Morgan fingerprint density at radius 3 is 2.31 bits per heavy atom. The van der Waals surface area contributed by atoms with E-state index in [1.165, 1.54) is 32.1 Å². The summed E-state index contributed by atoms with van der Waals surface area (Å²) in [6, 6.07) is 0.940. The average molecular weight is 225 g/mol. The van der Waals surface area contributed by atoms with Gasteiger partial charge in [0, 0.05) is 12.1 Å². The lowest BCUT2D eigenvalue weighted by atomic mass is 9.86. The van der Waals surface area contributed by atoms with Gasteiger partial charge in [0.25, 0.3) is 0 Å². The van der Waals surface area contributed by atoms with Crippen LogP contribution in [0.1, 0.15) is 51.4 Å². The topological polar surface area (TPSA) is 40.5 Å². The Kier molecular flexibility index (Phi) is 3.85. The second-order valence-electron chi connectivity index (χ2n) is 5.40. The highest BCUT2D eigenvalue weighted by atomic mass is 16.4. The first-order valence-electron chi connectivity index (χ1n) is 6.65. The summed E-state index contributed by atoms with van der Waals surface area (Å²) in [5.74, 6) is -0.717. The molecule has 2 aliphatic rings. The highest BCUT2D eigenvalue weighted by Gasteiger charge is 2.36. The highest BCUT2D eigenvalue weighted by Crippen LogP contribution is 2.33. The zero-order valence-electron chi connectivity index (χ0n) is 10.2. The van der Waals surface area contributed by atoms with Gasteiger partial charge in [-0.1, -0.05) is 25.7 Å². The van der Waals surface area contributed by atoms with Gasteiger partial charge in [-0.05, 0) is 32.7 Å². The maximum Gasteiger partial charge on any atom is 0.308 e. The SMILES string of the molecule is CN(C1CCC1)C1CCCCCC1C(=O)O. The van der Waals surface area contributed by atoms with E-state index < -0.39 is 5.97 Å². The molecule has 0 amide bonds. The molecule has 2 unspecified atom stereocenters. The summed E-state index contributed by atoms with van der Waals surface area (Å²) in [6.07, 6.45) is 9.29. The zero-order chi connectivity index (χ0) is 11.5. The number of carboxylic acids is 1. The van der Waals surface area contributed by atoms with Gasteiger partial charge in [0.1, 0.15) is 0 Å². The summed E-state index contributed by atoms with van der Waals surface area (Å²) in [5, 5.41) is 9.33. The summed E-state index contributed by atoms with van der Waals surface area (Å²) in [6.45, 7) is 0. The summed E-state index contributed by atoms with van der Waals surface area (Å²) < 4.78 is 0. The number of hydrogen-bond donors (Lipinski definition) is 1. The van der Waals surface area contributed by atoms with Gasteiger partial charge in [-0.25, -0.2) is 0 Å². The smallest absolute Gasteiger partial charge is 0.308 e. The van der Waals surface area contributed by atoms with Crippen LogP contribution in [0.5, 0.6) is 0 Å². The van der Waals surface area contributed by atoms with Crippen molar-refractivity contribution in [3.05, 3.63) is 0 Å². The van der Waals surface area contributed by atoms with Crippen LogP contribution in [0, 0.1) is 5.92 Å². The zero-order valence-corrected chi connectivity index (χ0v) is 10.2. The van der Waals surface area contributed by atoms with Crippen LogP contribution in [0.2, 0.25) is 0 Å². The molecule has 16 heavy (non-hydrogen) atoms. The van der Waals surface area contributed by atoms with Crippen molar-refractivity contribution in [3.8, 4) is 0 Å². The van der Waals surface area contributed by atoms with Crippen LogP contribution in [0.4, 0.5) is 0 Å². The number of carbonyl (C=O) groups is 1. The maximum absolute atomic E-state index is 11.3. The van der Waals surface area contributed by atoms with Crippen molar-refractivity contribution in [2.24, 2.45) is 5.92 Å². The fourth-order valence-electron chi connectivity index (χ4n) is 3.13. The lowest BCUT2D eigenvalue weighted by molar-refractivity contribution is -0.145. The van der Waals surface area contributed by atoms with Crippen molar-refractivity contribution in [1.82, 2.24) is 4.90 Å². The van der Waals surface area contributed by atoms with Gasteiger partial charge < -0.3 is 5.11 Å². The molecule has 0 spiro atoms. The third-order valence-corrected chi connectivity index (χ3v) is 4.47. The van der Waals surface area contributed by atoms with E-state index in [1.54, 1.807) is 0 Å². The Labute approximate surface area is 97.8 Å². The van der Waals surface area contributed by atoms with Crippen molar-refractivity contribution in [2.75, 3.05) is 7.05 Å². The monoisotopic (exact) mass is 225 g/mol. The standard InChI is InChI=1S/C13H23NO2/c1-14(10-6-5-7-10)12-9-4-2-3-8-11(12)13(15)16/h10-12H,2-9H2,1H3,(H,15,16). The summed E-state index contributed by atoms with van der Waals surface area (Å²) in [5.41, 5.74) is 0. The van der Waals surface area contributed by atoms with Crippen molar-refractivity contribution in [1.29, 1.82) is 0 Å². The Morgan fingerprint density at radius 1 is 1.06 bits per heavy atom. The van der Waals surface area contributed by atoms with E-state index in [2.05, 4.69) is 11.9 Å². The minimum Gasteiger partial charge on any atom is -0.481 e. The van der Waals surface area contributed by atoms with E-state index in [0.717, 1.165) is 19.3 Å². The molecule has 0 aliphatic heterocycles. The van der Waals surface area contributed by atoms with Gasteiger partial charge in [-0.15, -0.1) is 0 Å². The molecule has 0 heterocycles. The third-order valence-electron chi connectivity index (χ3n) is 4.47. The lowest BCUT2D eigenvalue weighted by Gasteiger charge is -2.41. The van der Waals surface area contributed by atoms with Crippen molar-refractivity contribution >= 4 is 5.97 Å². The molecular formula is C13H23NO2. The Balaban J connectivity index is 2.03. The molecule has 2 fully saturated rings. The van der Waals surface area contributed by atoms with Crippen LogP contribution in [0.25, 0.3) is 0 Å². The molecule has 0 aromatic carbocycles. The first-order chi connectivity index (χ1) is 7.70. The van der Waals surface area contributed by atoms with Crippen LogP contribution < -0.4 is 0 Å². The van der Waals surface area contributed by atoms with Gasteiger partial charge in [0.2, 0.25) is 0 Å². The van der Waals surface area contributed by atoms with E-state index >= 15 is 0 Å². The fourth-order valence-corrected chi connectivity index (χ4v) is 3.13. The normalized spacial score (nSPS) is 32.1. The van der Waals surface area contributed by atoms with Gasteiger partial charge in [0.05, 0.1) is 5.92 Å². The second-order valence-corrected chi connectivity index (χ2v) is 5.40. The molecule has 0 aromatic heterocycles. The molecule has 3 heteroatoms. The Hall–Kier alpha value is -0.570. The van der Waals surface area contributed by atoms with Gasteiger partial charge in [0.15, 0.2) is 0 Å². The van der Waals surface area contributed by atoms with E-state index in [9.17, 15) is 9.90 Å². The fraction of sp³-hybridized carbons (Fsp3) is 0.923. The summed E-state index contributed by atoms with van der Waals surface area (Å²) in [7, 11) is 2.13. The first kappa shape index (κ1) is 11.9. The second kappa shape index (κ2) is 5.17. The maximum atomic E-state index is 11.3. The van der Waals surface area contributed by atoms with Crippen LogP contribution >= 0.6 is 0 Å².